The van der Waals surface area contributed by atoms with E-state index in [9.17, 15) is 18.7 Å². The SMILES string of the molecule is CCc1cccc(CNCC(O)C(Cc2cc(F)cc(F)c2)NC(=O)c2ccc(OC)cc2)c1. The first kappa shape index (κ1) is 25.3. The highest BCUT2D eigenvalue weighted by Gasteiger charge is 2.23. The number of hydrogen-bond donors (Lipinski definition) is 3. The number of methoxy groups -OCH3 is 1. The lowest BCUT2D eigenvalue weighted by atomic mass is 10.00. The number of hydrogen-bond acceptors (Lipinski definition) is 4. The third kappa shape index (κ3) is 7.37. The zero-order valence-electron chi connectivity index (χ0n) is 19.4. The molecule has 0 aromatic heterocycles. The lowest BCUT2D eigenvalue weighted by Gasteiger charge is -2.25. The van der Waals surface area contributed by atoms with E-state index in [4.69, 9.17) is 4.74 Å². The molecule has 1 amide bonds. The molecule has 180 valence electrons. The molecule has 3 aromatic rings. The maximum absolute atomic E-state index is 13.7. The van der Waals surface area contributed by atoms with E-state index in [0.717, 1.165) is 18.1 Å². The molecule has 0 saturated heterocycles. The standard InChI is InChI=1S/C27H30F2N2O3/c1-3-18-5-4-6-19(11-18)16-30-17-26(32)25(14-20-12-22(28)15-23(29)13-20)31-27(33)21-7-9-24(34-2)10-8-21/h4-13,15,25-26,30,32H,3,14,16-17H2,1-2H3,(H,31,33). The maximum atomic E-state index is 13.7. The first-order chi connectivity index (χ1) is 16.4. The molecule has 0 aliphatic rings. The van der Waals surface area contributed by atoms with Gasteiger partial charge in [0.05, 0.1) is 19.3 Å². The molecule has 0 heterocycles. The summed E-state index contributed by atoms with van der Waals surface area (Å²) in [6, 6.07) is 17.1. The van der Waals surface area contributed by atoms with E-state index >= 15 is 0 Å². The number of rotatable bonds is 11. The Labute approximate surface area is 198 Å². The average molecular weight is 469 g/mol. The first-order valence-corrected chi connectivity index (χ1v) is 11.2. The van der Waals surface area contributed by atoms with Crippen LogP contribution in [0.3, 0.4) is 0 Å². The van der Waals surface area contributed by atoms with Crippen LogP contribution in [0.4, 0.5) is 8.78 Å². The van der Waals surface area contributed by atoms with Gasteiger partial charge in [0.1, 0.15) is 17.4 Å². The fourth-order valence-corrected chi connectivity index (χ4v) is 3.73. The Kier molecular flexibility index (Phi) is 9.13. The summed E-state index contributed by atoms with van der Waals surface area (Å²) >= 11 is 0. The summed E-state index contributed by atoms with van der Waals surface area (Å²) in [6.07, 6.45) is -0.00639. The highest BCUT2D eigenvalue weighted by molar-refractivity contribution is 5.94. The van der Waals surface area contributed by atoms with Gasteiger partial charge in [0.25, 0.3) is 5.91 Å². The number of amides is 1. The van der Waals surface area contributed by atoms with Gasteiger partial charge in [-0.3, -0.25) is 4.79 Å². The van der Waals surface area contributed by atoms with Gasteiger partial charge in [-0.2, -0.15) is 0 Å². The summed E-state index contributed by atoms with van der Waals surface area (Å²) in [4.78, 5) is 12.8. The van der Waals surface area contributed by atoms with E-state index in [1.807, 2.05) is 12.1 Å². The number of carbonyl (C=O) groups is 1. The second-order valence-electron chi connectivity index (χ2n) is 8.16. The first-order valence-electron chi connectivity index (χ1n) is 11.2. The zero-order chi connectivity index (χ0) is 24.5. The predicted octanol–water partition coefficient (Wildman–Crippen LogP) is 4.03. The summed E-state index contributed by atoms with van der Waals surface area (Å²) in [5.74, 6) is -1.21. The summed E-state index contributed by atoms with van der Waals surface area (Å²) < 4.78 is 32.5. The van der Waals surface area contributed by atoms with Crippen LogP contribution in [0.2, 0.25) is 0 Å². The van der Waals surface area contributed by atoms with Gasteiger partial charge in [-0.25, -0.2) is 8.78 Å². The third-order valence-corrected chi connectivity index (χ3v) is 5.59. The van der Waals surface area contributed by atoms with Crippen LogP contribution >= 0.6 is 0 Å². The van der Waals surface area contributed by atoms with Crippen LogP contribution in [0, 0.1) is 11.6 Å². The number of aliphatic hydroxyl groups is 1. The third-order valence-electron chi connectivity index (χ3n) is 5.59. The van der Waals surface area contributed by atoms with E-state index in [1.165, 1.54) is 24.8 Å². The largest absolute Gasteiger partial charge is 0.497 e. The van der Waals surface area contributed by atoms with Crippen molar-refractivity contribution in [2.24, 2.45) is 0 Å². The molecular formula is C27H30F2N2O3. The van der Waals surface area contributed by atoms with Crippen LogP contribution < -0.4 is 15.4 Å². The summed E-state index contributed by atoms with van der Waals surface area (Å²) in [7, 11) is 1.53. The van der Waals surface area contributed by atoms with Crippen molar-refractivity contribution < 1.29 is 23.4 Å². The number of carbonyl (C=O) groups excluding carboxylic acids is 1. The monoisotopic (exact) mass is 468 g/mol. The molecule has 3 aromatic carbocycles. The number of nitrogens with one attached hydrogen (secondary N) is 2. The second kappa shape index (κ2) is 12.3. The molecule has 2 atom stereocenters. The van der Waals surface area contributed by atoms with Crippen LogP contribution in [-0.2, 0) is 19.4 Å². The Hall–Kier alpha value is -3.29. The van der Waals surface area contributed by atoms with E-state index in [2.05, 4.69) is 29.7 Å². The highest BCUT2D eigenvalue weighted by Crippen LogP contribution is 2.15. The van der Waals surface area contributed by atoms with Crippen LogP contribution in [0.5, 0.6) is 5.75 Å². The molecule has 0 bridgehead atoms. The highest BCUT2D eigenvalue weighted by atomic mass is 19.1. The molecule has 0 saturated carbocycles. The lowest BCUT2D eigenvalue weighted by molar-refractivity contribution is 0.0830. The molecule has 2 unspecified atom stereocenters. The summed E-state index contributed by atoms with van der Waals surface area (Å²) in [6.45, 7) is 2.81. The lowest BCUT2D eigenvalue weighted by Crippen LogP contribution is -2.48. The van der Waals surface area contributed by atoms with Crippen molar-refractivity contribution in [2.75, 3.05) is 13.7 Å². The smallest absolute Gasteiger partial charge is 0.251 e. The van der Waals surface area contributed by atoms with Crippen molar-refractivity contribution >= 4 is 5.91 Å². The van der Waals surface area contributed by atoms with Crippen LogP contribution in [0.15, 0.2) is 66.7 Å². The van der Waals surface area contributed by atoms with Gasteiger partial charge < -0.3 is 20.5 Å². The quantitative estimate of drug-likeness (QED) is 0.398. The average Bonchev–Trinajstić information content (AvgIpc) is 2.83. The van der Waals surface area contributed by atoms with Crippen LogP contribution in [0.1, 0.15) is 34.0 Å². The number of benzene rings is 3. The van der Waals surface area contributed by atoms with Gasteiger partial charge in [-0.05, 0) is 65.9 Å². The Bertz CT molecular complexity index is 1070. The fraction of sp³-hybridized carbons (Fsp3) is 0.296. The molecule has 0 aliphatic carbocycles. The van der Waals surface area contributed by atoms with Gasteiger partial charge in [-0.15, -0.1) is 0 Å². The summed E-state index contributed by atoms with van der Waals surface area (Å²) in [5, 5.41) is 16.9. The van der Waals surface area contributed by atoms with Crippen molar-refractivity contribution in [2.45, 2.75) is 38.5 Å². The topological polar surface area (TPSA) is 70.6 Å². The molecule has 3 N–H and O–H groups in total. The Morgan fingerprint density at radius 2 is 1.65 bits per heavy atom. The molecule has 3 rings (SSSR count). The Balaban J connectivity index is 1.70. The number of ether oxygens (including phenoxy) is 1. The second-order valence-corrected chi connectivity index (χ2v) is 8.16. The van der Waals surface area contributed by atoms with Crippen LogP contribution in [-0.4, -0.2) is 36.8 Å². The van der Waals surface area contributed by atoms with E-state index in [0.29, 0.717) is 23.4 Å². The normalized spacial score (nSPS) is 12.7. The van der Waals surface area contributed by atoms with E-state index in [1.54, 1.807) is 24.3 Å². The molecule has 0 radical (unpaired) electrons. The molecule has 0 fully saturated rings. The van der Waals surface area contributed by atoms with Gasteiger partial charge in [-0.1, -0.05) is 31.2 Å². The maximum Gasteiger partial charge on any atom is 0.251 e. The van der Waals surface area contributed by atoms with E-state index in [-0.39, 0.29) is 13.0 Å². The van der Waals surface area contributed by atoms with E-state index < -0.39 is 29.7 Å². The minimum absolute atomic E-state index is 0.0603. The van der Waals surface area contributed by atoms with Crippen molar-refractivity contribution in [3.8, 4) is 5.75 Å². The minimum atomic E-state index is -0.997. The predicted molar refractivity (Wildman–Crippen MR) is 128 cm³/mol. The van der Waals surface area contributed by atoms with Crippen molar-refractivity contribution in [1.82, 2.24) is 10.6 Å². The molecule has 0 aliphatic heterocycles. The van der Waals surface area contributed by atoms with Crippen molar-refractivity contribution in [3.63, 3.8) is 0 Å². The van der Waals surface area contributed by atoms with Crippen LogP contribution in [0.25, 0.3) is 0 Å². The fourth-order valence-electron chi connectivity index (χ4n) is 3.73. The zero-order valence-corrected chi connectivity index (χ0v) is 19.4. The number of halogens is 2. The molecule has 34 heavy (non-hydrogen) atoms. The van der Waals surface area contributed by atoms with Crippen molar-refractivity contribution in [3.05, 3.63) is 101 Å². The molecule has 7 heteroatoms. The van der Waals surface area contributed by atoms with Gasteiger partial charge in [0, 0.05) is 24.7 Å². The van der Waals surface area contributed by atoms with Crippen molar-refractivity contribution in [1.29, 1.82) is 0 Å². The minimum Gasteiger partial charge on any atom is -0.497 e. The van der Waals surface area contributed by atoms with Gasteiger partial charge in [0.2, 0.25) is 0 Å². The number of aryl methyl sites for hydroxylation is 1. The molecule has 5 nitrogen and oxygen atoms in total. The Morgan fingerprint density at radius 1 is 0.971 bits per heavy atom. The van der Waals surface area contributed by atoms with Gasteiger partial charge >= 0.3 is 0 Å². The number of aliphatic hydroxyl groups excluding tert-OH is 1. The van der Waals surface area contributed by atoms with Gasteiger partial charge in [0.15, 0.2) is 0 Å². The Morgan fingerprint density at radius 3 is 2.29 bits per heavy atom. The summed E-state index contributed by atoms with van der Waals surface area (Å²) in [5.41, 5.74) is 3.02. The molecular weight excluding hydrogens is 438 g/mol. The molecule has 0 spiro atoms.